The molecule has 7 nitrogen and oxygen atoms in total. The van der Waals surface area contributed by atoms with E-state index >= 15 is 0 Å². The molecule has 2 amide bonds. The van der Waals surface area contributed by atoms with Gasteiger partial charge in [-0.3, -0.25) is 19.3 Å². The molecule has 0 aromatic heterocycles. The van der Waals surface area contributed by atoms with Gasteiger partial charge in [-0.05, 0) is 82.7 Å². The van der Waals surface area contributed by atoms with E-state index in [0.29, 0.717) is 46.9 Å². The average molecular weight is 574 g/mol. The third kappa shape index (κ3) is 5.92. The van der Waals surface area contributed by atoms with Crippen LogP contribution in [-0.2, 0) is 16.2 Å². The number of amides is 2. The molecule has 0 aliphatic carbocycles. The molecular weight excluding hydrogens is 557 g/mol. The van der Waals surface area contributed by atoms with Crippen molar-refractivity contribution in [2.45, 2.75) is 13.5 Å². The summed E-state index contributed by atoms with van der Waals surface area (Å²) in [6.45, 7) is 1.80. The van der Waals surface area contributed by atoms with Crippen LogP contribution in [0.15, 0.2) is 41.3 Å². The van der Waals surface area contributed by atoms with Gasteiger partial charge in [-0.2, -0.15) is 0 Å². The largest absolute Gasteiger partial charge is 0.490 e. The number of carboxylic acids is 1. The quantitative estimate of drug-likeness (QED) is 0.349. The van der Waals surface area contributed by atoms with Crippen LogP contribution in [-0.4, -0.2) is 40.3 Å². The molecule has 31 heavy (non-hydrogen) atoms. The molecule has 1 aliphatic rings. The number of carboxylic acid groups (broad SMARTS) is 1. The van der Waals surface area contributed by atoms with Crippen LogP contribution in [0.2, 0.25) is 5.02 Å². The lowest BCUT2D eigenvalue weighted by Gasteiger charge is -2.15. The fourth-order valence-electron chi connectivity index (χ4n) is 2.73. The van der Waals surface area contributed by atoms with Gasteiger partial charge in [-0.1, -0.05) is 23.7 Å². The summed E-state index contributed by atoms with van der Waals surface area (Å²) in [7, 11) is 0. The van der Waals surface area contributed by atoms with E-state index in [9.17, 15) is 14.4 Å². The monoisotopic (exact) mass is 573 g/mol. The van der Waals surface area contributed by atoms with Crippen LogP contribution >= 0.6 is 46.0 Å². The van der Waals surface area contributed by atoms with Gasteiger partial charge >= 0.3 is 5.97 Å². The number of halogens is 2. The number of thioether (sulfide) groups is 1. The zero-order valence-electron chi connectivity index (χ0n) is 16.3. The minimum Gasteiger partial charge on any atom is -0.490 e. The van der Waals surface area contributed by atoms with Gasteiger partial charge in [0.25, 0.3) is 11.1 Å². The van der Waals surface area contributed by atoms with Crippen LogP contribution in [0.5, 0.6) is 11.5 Å². The van der Waals surface area contributed by atoms with E-state index in [-0.39, 0.29) is 9.93 Å². The summed E-state index contributed by atoms with van der Waals surface area (Å²) in [5.41, 5.74) is 1.49. The van der Waals surface area contributed by atoms with Gasteiger partial charge in [0, 0.05) is 3.57 Å². The molecule has 162 valence electrons. The van der Waals surface area contributed by atoms with Crippen molar-refractivity contribution in [1.29, 1.82) is 0 Å². The highest BCUT2D eigenvalue weighted by molar-refractivity contribution is 14.1. The summed E-state index contributed by atoms with van der Waals surface area (Å²) in [6.07, 6.45) is 1.48. The SMILES string of the molecule is CCOc1cc(/C=C2/SC(=O)N(CC(=O)O)C2=O)cc(Cl)c1OCc1ccc(I)cc1. The van der Waals surface area contributed by atoms with Crippen LogP contribution in [0.25, 0.3) is 6.08 Å². The van der Waals surface area contributed by atoms with Crippen molar-refractivity contribution >= 4 is 69.1 Å². The number of carbonyl (C=O) groups is 3. The first-order valence-corrected chi connectivity index (χ1v) is 11.4. The number of ether oxygens (including phenoxy) is 2. The average Bonchev–Trinajstić information content (AvgIpc) is 2.96. The van der Waals surface area contributed by atoms with E-state index in [1.54, 1.807) is 12.1 Å². The number of imide groups is 1. The van der Waals surface area contributed by atoms with Gasteiger partial charge in [0.2, 0.25) is 0 Å². The number of benzene rings is 2. The summed E-state index contributed by atoms with van der Waals surface area (Å²) >= 11 is 9.33. The molecule has 1 heterocycles. The lowest BCUT2D eigenvalue weighted by atomic mass is 10.1. The number of nitrogens with zero attached hydrogens (tertiary/aromatic N) is 1. The molecule has 0 saturated carbocycles. The summed E-state index contributed by atoms with van der Waals surface area (Å²) < 4.78 is 12.7. The van der Waals surface area contributed by atoms with Crippen LogP contribution in [0, 0.1) is 3.57 Å². The van der Waals surface area contributed by atoms with Crippen molar-refractivity contribution in [2.75, 3.05) is 13.2 Å². The van der Waals surface area contributed by atoms with Gasteiger partial charge in [0.15, 0.2) is 11.5 Å². The van der Waals surface area contributed by atoms with Crippen molar-refractivity contribution < 1.29 is 29.0 Å². The predicted molar refractivity (Wildman–Crippen MR) is 126 cm³/mol. The zero-order chi connectivity index (χ0) is 22.5. The molecule has 2 aromatic carbocycles. The topological polar surface area (TPSA) is 93.1 Å². The normalized spacial score (nSPS) is 14.9. The van der Waals surface area contributed by atoms with E-state index in [0.717, 1.165) is 9.13 Å². The maximum atomic E-state index is 12.4. The predicted octanol–water partition coefficient (Wildman–Crippen LogP) is 5.04. The Morgan fingerprint density at radius 1 is 1.23 bits per heavy atom. The lowest BCUT2D eigenvalue weighted by Crippen LogP contribution is -2.33. The standard InChI is InChI=1S/C21H17ClINO6S/c1-2-29-16-8-13(9-17-20(27)24(10-18(25)26)21(28)31-17)7-15(22)19(16)30-11-12-3-5-14(23)6-4-12/h3-9H,2,10-11H2,1H3,(H,25,26)/b17-9+. The Morgan fingerprint density at radius 3 is 2.58 bits per heavy atom. The summed E-state index contributed by atoms with van der Waals surface area (Å²) in [4.78, 5) is 36.0. The highest BCUT2D eigenvalue weighted by atomic mass is 127. The Kier molecular flexibility index (Phi) is 7.84. The first kappa shape index (κ1) is 23.4. The number of hydrogen-bond donors (Lipinski definition) is 1. The smallest absolute Gasteiger partial charge is 0.323 e. The van der Waals surface area contributed by atoms with Crippen LogP contribution in [0.3, 0.4) is 0 Å². The fraction of sp³-hybridized carbons (Fsp3) is 0.190. The second-order valence-corrected chi connectivity index (χ2v) is 8.99. The minimum atomic E-state index is -1.26. The molecule has 0 spiro atoms. The molecule has 3 rings (SSSR count). The first-order chi connectivity index (χ1) is 14.8. The van der Waals surface area contributed by atoms with Crippen LogP contribution in [0.4, 0.5) is 4.79 Å². The Morgan fingerprint density at radius 2 is 1.94 bits per heavy atom. The summed E-state index contributed by atoms with van der Waals surface area (Å²) in [5, 5.41) is 8.52. The zero-order valence-corrected chi connectivity index (χ0v) is 20.0. The Bertz CT molecular complexity index is 1060. The third-order valence-electron chi connectivity index (χ3n) is 4.09. The summed E-state index contributed by atoms with van der Waals surface area (Å²) in [6, 6.07) is 11.1. The number of carbonyl (C=O) groups excluding carboxylic acids is 2. The second-order valence-electron chi connectivity index (χ2n) is 6.34. The molecule has 0 atom stereocenters. The van der Waals surface area contributed by atoms with Crippen molar-refractivity contribution in [3.63, 3.8) is 0 Å². The molecule has 1 N–H and O–H groups in total. The molecular formula is C21H17ClINO6S. The number of hydrogen-bond acceptors (Lipinski definition) is 6. The van der Waals surface area contributed by atoms with Crippen molar-refractivity contribution in [1.82, 2.24) is 4.90 Å². The molecule has 0 bridgehead atoms. The fourth-order valence-corrected chi connectivity index (χ4v) is 4.20. The van der Waals surface area contributed by atoms with Crippen molar-refractivity contribution in [3.8, 4) is 11.5 Å². The molecule has 1 fully saturated rings. The maximum absolute atomic E-state index is 12.4. The number of rotatable bonds is 8. The lowest BCUT2D eigenvalue weighted by molar-refractivity contribution is -0.140. The first-order valence-electron chi connectivity index (χ1n) is 9.09. The van der Waals surface area contributed by atoms with Crippen LogP contribution < -0.4 is 9.47 Å². The van der Waals surface area contributed by atoms with E-state index in [2.05, 4.69) is 22.6 Å². The molecule has 0 unspecified atom stereocenters. The van der Waals surface area contributed by atoms with Gasteiger partial charge in [-0.15, -0.1) is 0 Å². The highest BCUT2D eigenvalue weighted by Gasteiger charge is 2.36. The molecule has 10 heteroatoms. The van der Waals surface area contributed by atoms with Crippen LogP contribution in [0.1, 0.15) is 18.1 Å². The molecule has 0 radical (unpaired) electrons. The molecule has 1 saturated heterocycles. The van der Waals surface area contributed by atoms with E-state index in [4.69, 9.17) is 26.2 Å². The van der Waals surface area contributed by atoms with E-state index in [1.807, 2.05) is 31.2 Å². The highest BCUT2D eigenvalue weighted by Crippen LogP contribution is 2.39. The second kappa shape index (κ2) is 10.4. The van der Waals surface area contributed by atoms with Gasteiger partial charge in [0.05, 0.1) is 16.5 Å². The Hall–Kier alpha value is -2.24. The minimum absolute atomic E-state index is 0.109. The molecule has 1 aliphatic heterocycles. The summed E-state index contributed by atoms with van der Waals surface area (Å²) in [5.74, 6) is -1.15. The Labute approximate surface area is 201 Å². The molecule has 2 aromatic rings. The van der Waals surface area contributed by atoms with E-state index < -0.39 is 23.7 Å². The van der Waals surface area contributed by atoms with Gasteiger partial charge < -0.3 is 14.6 Å². The Balaban J connectivity index is 1.85. The maximum Gasteiger partial charge on any atom is 0.323 e. The van der Waals surface area contributed by atoms with Crippen molar-refractivity contribution in [2.24, 2.45) is 0 Å². The number of aliphatic carboxylic acids is 1. The van der Waals surface area contributed by atoms with Gasteiger partial charge in [-0.25, -0.2) is 0 Å². The van der Waals surface area contributed by atoms with Gasteiger partial charge in [0.1, 0.15) is 13.2 Å². The van der Waals surface area contributed by atoms with E-state index in [1.165, 1.54) is 6.08 Å². The van der Waals surface area contributed by atoms with Crippen molar-refractivity contribution in [3.05, 3.63) is 61.0 Å². The third-order valence-corrected chi connectivity index (χ3v) is 6.00.